The maximum Gasteiger partial charge on any atom is 0.281 e. The average molecular weight is 182 g/mol. The monoisotopic (exact) mass is 182 g/mol. The highest BCUT2D eigenvalue weighted by Gasteiger charge is 2.24. The van der Waals surface area contributed by atoms with E-state index in [1.165, 1.54) is 0 Å². The zero-order valence-corrected chi connectivity index (χ0v) is 6.12. The molecule has 2 heterocycles. The number of fused-ring (bicyclic) bond motifs is 1. The smallest absolute Gasteiger partial charge is 0.281 e. The van der Waals surface area contributed by atoms with Crippen LogP contribution < -0.4 is 0 Å². The molecule has 0 aliphatic carbocycles. The van der Waals surface area contributed by atoms with E-state index in [-0.39, 0.29) is 11.5 Å². The standard InChI is InChI=1S/C4H2N6O3/c1-9-5-3-2(7-13-8-3)4(6-9)10(11)12/h1H2. The van der Waals surface area contributed by atoms with E-state index in [1.54, 1.807) is 0 Å². The van der Waals surface area contributed by atoms with Crippen LogP contribution in [-0.2, 0) is 0 Å². The molecular weight excluding hydrogens is 180 g/mol. The lowest BCUT2D eigenvalue weighted by atomic mass is 10.4. The van der Waals surface area contributed by atoms with E-state index in [0.717, 1.165) is 4.79 Å². The molecule has 2 rings (SSSR count). The zero-order chi connectivity index (χ0) is 9.42. The third-order valence-corrected chi connectivity index (χ3v) is 1.28. The molecule has 1 aliphatic heterocycles. The molecule has 1 aromatic rings. The Hall–Kier alpha value is -2.32. The lowest BCUT2D eigenvalue weighted by Gasteiger charge is -2.08. The molecule has 1 aliphatic rings. The molecule has 0 unspecified atom stereocenters. The van der Waals surface area contributed by atoms with Crippen molar-refractivity contribution >= 4 is 18.4 Å². The second kappa shape index (κ2) is 2.33. The van der Waals surface area contributed by atoms with Gasteiger partial charge in [0.1, 0.15) is 5.82 Å². The molecule has 0 radical (unpaired) electrons. The summed E-state index contributed by atoms with van der Waals surface area (Å²) in [6, 6.07) is 0. The number of amidine groups is 1. The molecular formula is C4H2N6O3. The Morgan fingerprint density at radius 2 is 2.38 bits per heavy atom. The van der Waals surface area contributed by atoms with Crippen molar-refractivity contribution in [3.8, 4) is 0 Å². The Labute approximate surface area is 70.4 Å². The van der Waals surface area contributed by atoms with Crippen LogP contribution in [0.3, 0.4) is 0 Å². The summed E-state index contributed by atoms with van der Waals surface area (Å²) in [4.78, 5) is 10.5. The normalized spacial score (nSPS) is 14.5. The van der Waals surface area contributed by atoms with Crippen LogP contribution in [0.1, 0.15) is 5.69 Å². The Morgan fingerprint density at radius 1 is 1.62 bits per heavy atom. The third kappa shape index (κ3) is 1.02. The number of hydrogen-bond acceptors (Lipinski definition) is 6. The maximum absolute atomic E-state index is 10.4. The lowest BCUT2D eigenvalue weighted by molar-refractivity contribution is -0.482. The predicted molar refractivity (Wildman–Crippen MR) is 38.2 cm³/mol. The summed E-state index contributed by atoms with van der Waals surface area (Å²) in [6.07, 6.45) is 0. The summed E-state index contributed by atoms with van der Waals surface area (Å²) in [5.41, 5.74) is 3.51. The van der Waals surface area contributed by atoms with Gasteiger partial charge in [-0.2, -0.15) is 5.16 Å². The molecule has 0 atom stereocenters. The van der Waals surface area contributed by atoms with Gasteiger partial charge in [0, 0.05) is 0 Å². The highest BCUT2D eigenvalue weighted by Crippen LogP contribution is 2.24. The van der Waals surface area contributed by atoms with Gasteiger partial charge in [0.05, 0.1) is 0 Å². The van der Waals surface area contributed by atoms with Crippen molar-refractivity contribution in [2.45, 2.75) is 0 Å². The Morgan fingerprint density at radius 3 is 3.08 bits per heavy atom. The van der Waals surface area contributed by atoms with E-state index < -0.39 is 10.8 Å². The first-order chi connectivity index (χ1) is 6.18. The minimum Gasteiger partial charge on any atom is -0.360 e. The van der Waals surface area contributed by atoms with Crippen molar-refractivity contribution < 1.29 is 14.3 Å². The number of nitrogens with zero attached hydrogens (tertiary/aromatic N) is 6. The second-order valence-corrected chi connectivity index (χ2v) is 2.09. The first-order valence-electron chi connectivity index (χ1n) is 3.06. The molecule has 0 fully saturated rings. The van der Waals surface area contributed by atoms with Crippen molar-refractivity contribution in [3.63, 3.8) is 0 Å². The minimum absolute atomic E-state index is 0.00306. The molecule has 0 amide bonds. The first kappa shape index (κ1) is 7.34. The van der Waals surface area contributed by atoms with Crippen LogP contribution >= 0.6 is 0 Å². The second-order valence-electron chi connectivity index (χ2n) is 2.09. The van der Waals surface area contributed by atoms with E-state index in [0.29, 0.717) is 0 Å². The molecule has 0 saturated carbocycles. The Kier molecular flexibility index (Phi) is 1.32. The van der Waals surface area contributed by atoms with Crippen LogP contribution in [0.2, 0.25) is 0 Å². The molecule has 0 bridgehead atoms. The Bertz CT molecular complexity index is 419. The largest absolute Gasteiger partial charge is 0.360 e. The molecule has 66 valence electrons. The highest BCUT2D eigenvalue weighted by atomic mass is 16.6. The van der Waals surface area contributed by atoms with Crippen molar-refractivity contribution in [1.82, 2.24) is 10.3 Å². The van der Waals surface area contributed by atoms with E-state index in [9.17, 15) is 10.1 Å². The van der Waals surface area contributed by atoms with Gasteiger partial charge in [0.15, 0.2) is 12.4 Å². The van der Waals surface area contributed by atoms with Gasteiger partial charge in [0.25, 0.3) is 5.84 Å². The van der Waals surface area contributed by atoms with Crippen LogP contribution in [0.25, 0.3) is 5.43 Å². The van der Waals surface area contributed by atoms with Gasteiger partial charge in [-0.05, 0) is 0 Å². The van der Waals surface area contributed by atoms with Crippen LogP contribution in [0.4, 0.5) is 5.82 Å². The van der Waals surface area contributed by atoms with Gasteiger partial charge >= 0.3 is 0 Å². The number of hydrazone groups is 1. The van der Waals surface area contributed by atoms with Gasteiger partial charge in [-0.25, -0.2) is 0 Å². The molecule has 9 heteroatoms. The SMILES string of the molecule is C=[N+]1N=C([N+](=O)[O-])c2nonc2[N-]1. The van der Waals surface area contributed by atoms with E-state index in [2.05, 4.69) is 32.2 Å². The zero-order valence-electron chi connectivity index (χ0n) is 6.12. The molecule has 13 heavy (non-hydrogen) atoms. The fraction of sp³-hybridized carbons (Fsp3) is 0. The molecule has 0 N–H and O–H groups in total. The topological polar surface area (TPSA) is 112 Å². The average Bonchev–Trinajstić information content (AvgIpc) is 2.49. The molecule has 1 aromatic heterocycles. The van der Waals surface area contributed by atoms with Gasteiger partial charge in [-0.15, -0.1) is 0 Å². The summed E-state index contributed by atoms with van der Waals surface area (Å²) < 4.78 is 4.26. The van der Waals surface area contributed by atoms with Gasteiger partial charge < -0.3 is 14.7 Å². The number of hydrogen-bond donors (Lipinski definition) is 0. The summed E-state index contributed by atoms with van der Waals surface area (Å²) in [5.74, 6) is -0.488. The highest BCUT2D eigenvalue weighted by molar-refractivity contribution is 5.95. The Balaban J connectivity index is 2.57. The number of nitro groups is 1. The van der Waals surface area contributed by atoms with Crippen LogP contribution in [-0.4, -0.2) is 32.6 Å². The van der Waals surface area contributed by atoms with Crippen molar-refractivity contribution in [2.24, 2.45) is 5.10 Å². The van der Waals surface area contributed by atoms with E-state index >= 15 is 0 Å². The molecule has 0 spiro atoms. The van der Waals surface area contributed by atoms with Gasteiger partial charge in [-0.1, -0.05) is 25.4 Å². The van der Waals surface area contributed by atoms with E-state index in [4.69, 9.17) is 0 Å². The van der Waals surface area contributed by atoms with Gasteiger partial charge in [0.2, 0.25) is 0 Å². The number of aromatic nitrogens is 2. The first-order valence-corrected chi connectivity index (χ1v) is 3.06. The maximum atomic E-state index is 10.4. The summed E-state index contributed by atoms with van der Waals surface area (Å²) in [5, 5.41) is 20.4. The predicted octanol–water partition coefficient (Wildman–Crippen LogP) is -0.345. The fourth-order valence-corrected chi connectivity index (χ4v) is 0.802. The summed E-state index contributed by atoms with van der Waals surface area (Å²) >= 11 is 0. The van der Waals surface area contributed by atoms with Crippen LogP contribution in [0, 0.1) is 10.1 Å². The number of rotatable bonds is 0. The van der Waals surface area contributed by atoms with Crippen LogP contribution in [0.15, 0.2) is 9.73 Å². The third-order valence-electron chi connectivity index (χ3n) is 1.28. The van der Waals surface area contributed by atoms with Gasteiger partial charge in [-0.3, -0.25) is 0 Å². The molecule has 0 aromatic carbocycles. The summed E-state index contributed by atoms with van der Waals surface area (Å²) in [7, 11) is 0. The fourth-order valence-electron chi connectivity index (χ4n) is 0.802. The summed E-state index contributed by atoms with van der Waals surface area (Å²) in [6.45, 7) is 3.27. The van der Waals surface area contributed by atoms with E-state index in [1.807, 2.05) is 0 Å². The lowest BCUT2D eigenvalue weighted by Crippen LogP contribution is -2.20. The molecule has 9 nitrogen and oxygen atoms in total. The van der Waals surface area contributed by atoms with Crippen molar-refractivity contribution in [1.29, 1.82) is 0 Å². The quantitative estimate of drug-likeness (QED) is 0.309. The van der Waals surface area contributed by atoms with Crippen molar-refractivity contribution in [2.75, 3.05) is 0 Å². The molecule has 0 saturated heterocycles. The van der Waals surface area contributed by atoms with Crippen LogP contribution in [0.5, 0.6) is 0 Å². The minimum atomic E-state index is -0.712. The van der Waals surface area contributed by atoms with Crippen molar-refractivity contribution in [3.05, 3.63) is 21.2 Å².